The molecule has 1 aromatic carbocycles. The topological polar surface area (TPSA) is 89.7 Å². The van der Waals surface area contributed by atoms with Crippen molar-refractivity contribution in [3.63, 3.8) is 0 Å². The zero-order chi connectivity index (χ0) is 15.4. The Morgan fingerprint density at radius 3 is 2.76 bits per heavy atom. The predicted octanol–water partition coefficient (Wildman–Crippen LogP) is 3.64. The number of benzene rings is 1. The summed E-state index contributed by atoms with van der Waals surface area (Å²) in [5.74, 6) is -1.00. The highest BCUT2D eigenvalue weighted by Crippen LogP contribution is 2.36. The van der Waals surface area contributed by atoms with Crippen LogP contribution in [0.5, 0.6) is 5.75 Å². The predicted molar refractivity (Wildman–Crippen MR) is 76.7 cm³/mol. The molecule has 0 bridgehead atoms. The van der Waals surface area contributed by atoms with Gasteiger partial charge in [0.2, 0.25) is 5.75 Å². The van der Waals surface area contributed by atoms with E-state index in [0.717, 1.165) is 32.1 Å². The second-order valence-electron chi connectivity index (χ2n) is 5.33. The fourth-order valence-electron chi connectivity index (χ4n) is 2.91. The number of nitro groups is 1. The molecule has 0 heterocycles. The van der Waals surface area contributed by atoms with E-state index in [9.17, 15) is 20.0 Å². The van der Waals surface area contributed by atoms with Gasteiger partial charge >= 0.3 is 11.7 Å². The Kier molecular flexibility index (Phi) is 4.77. The third-order valence-electron chi connectivity index (χ3n) is 4.05. The van der Waals surface area contributed by atoms with Crippen LogP contribution in [0, 0.1) is 16.0 Å². The summed E-state index contributed by atoms with van der Waals surface area (Å²) in [4.78, 5) is 21.8. The molecule has 0 saturated heterocycles. The number of hydrogen-bond acceptors (Lipinski definition) is 4. The molecule has 1 N–H and O–H groups in total. The summed E-state index contributed by atoms with van der Waals surface area (Å²) in [7, 11) is 0. The average Bonchev–Trinajstić information content (AvgIpc) is 2.47. The third-order valence-corrected chi connectivity index (χ3v) is 4.05. The molecule has 1 aliphatic rings. The van der Waals surface area contributed by atoms with Crippen LogP contribution in [0.25, 0.3) is 0 Å². The van der Waals surface area contributed by atoms with Crippen molar-refractivity contribution in [3.05, 3.63) is 33.9 Å². The van der Waals surface area contributed by atoms with Crippen molar-refractivity contribution in [2.24, 2.45) is 5.92 Å². The van der Waals surface area contributed by atoms with Gasteiger partial charge in [-0.25, -0.2) is 4.79 Å². The summed E-state index contributed by atoms with van der Waals surface area (Å²) in [6.07, 6.45) is 4.73. The first-order chi connectivity index (χ1) is 10.0. The molecule has 6 heteroatoms. The number of carboxylic acid groups (broad SMARTS) is 1. The molecule has 2 atom stereocenters. The van der Waals surface area contributed by atoms with Gasteiger partial charge in [-0.3, -0.25) is 10.1 Å². The lowest BCUT2D eigenvalue weighted by Gasteiger charge is -2.31. The van der Waals surface area contributed by atoms with Gasteiger partial charge in [-0.1, -0.05) is 19.4 Å². The average molecular weight is 293 g/mol. The first-order valence-corrected chi connectivity index (χ1v) is 7.22. The molecule has 0 radical (unpaired) electrons. The smallest absolute Gasteiger partial charge is 0.339 e. The van der Waals surface area contributed by atoms with Gasteiger partial charge in [-0.2, -0.15) is 0 Å². The summed E-state index contributed by atoms with van der Waals surface area (Å²) in [5, 5.41) is 20.3. The fraction of sp³-hybridized carbons (Fsp3) is 0.533. The quantitative estimate of drug-likeness (QED) is 0.661. The van der Waals surface area contributed by atoms with E-state index in [4.69, 9.17) is 4.74 Å². The first kappa shape index (κ1) is 15.3. The first-order valence-electron chi connectivity index (χ1n) is 7.22. The highest BCUT2D eigenvalue weighted by atomic mass is 16.6. The molecular formula is C15H19NO5. The fourth-order valence-corrected chi connectivity index (χ4v) is 2.91. The van der Waals surface area contributed by atoms with Crippen LogP contribution in [0.2, 0.25) is 0 Å². The summed E-state index contributed by atoms with van der Waals surface area (Å²) >= 11 is 0. The molecule has 114 valence electrons. The summed E-state index contributed by atoms with van der Waals surface area (Å²) in [6, 6.07) is 3.99. The zero-order valence-corrected chi connectivity index (χ0v) is 11.9. The van der Waals surface area contributed by atoms with E-state index in [1.165, 1.54) is 18.2 Å². The molecule has 0 amide bonds. The van der Waals surface area contributed by atoms with Crippen LogP contribution in [0.1, 0.15) is 49.4 Å². The molecule has 1 aromatic rings. The van der Waals surface area contributed by atoms with Crippen LogP contribution in [0.15, 0.2) is 18.2 Å². The van der Waals surface area contributed by atoms with Crippen molar-refractivity contribution in [2.45, 2.75) is 45.1 Å². The van der Waals surface area contributed by atoms with Crippen LogP contribution in [0.4, 0.5) is 5.69 Å². The van der Waals surface area contributed by atoms with Gasteiger partial charge in [0.15, 0.2) is 0 Å². The third kappa shape index (κ3) is 3.32. The number of nitrogens with zero attached hydrogens (tertiary/aromatic N) is 1. The van der Waals surface area contributed by atoms with E-state index in [-0.39, 0.29) is 23.1 Å². The molecule has 2 unspecified atom stereocenters. The Morgan fingerprint density at radius 2 is 2.14 bits per heavy atom. The van der Waals surface area contributed by atoms with Crippen LogP contribution >= 0.6 is 0 Å². The van der Waals surface area contributed by atoms with Crippen molar-refractivity contribution in [3.8, 4) is 5.75 Å². The molecule has 0 aliphatic heterocycles. The molecule has 2 rings (SSSR count). The number of rotatable bonds is 5. The van der Waals surface area contributed by atoms with Crippen molar-refractivity contribution in [2.75, 3.05) is 0 Å². The minimum absolute atomic E-state index is 0.111. The number of nitro benzene ring substituents is 1. The Morgan fingerprint density at radius 1 is 1.43 bits per heavy atom. The maximum absolute atomic E-state index is 11.3. The van der Waals surface area contributed by atoms with E-state index in [1.807, 2.05) is 0 Å². The number of carboxylic acids is 1. The Balaban J connectivity index is 2.36. The lowest BCUT2D eigenvalue weighted by Crippen LogP contribution is -2.30. The molecule has 6 nitrogen and oxygen atoms in total. The van der Waals surface area contributed by atoms with Crippen molar-refractivity contribution < 1.29 is 19.6 Å². The lowest BCUT2D eigenvalue weighted by atomic mass is 9.84. The molecule has 1 aliphatic carbocycles. The van der Waals surface area contributed by atoms with Crippen molar-refractivity contribution >= 4 is 11.7 Å². The van der Waals surface area contributed by atoms with Gasteiger partial charge in [-0.15, -0.1) is 0 Å². The van der Waals surface area contributed by atoms with Crippen LogP contribution in [0.3, 0.4) is 0 Å². The largest absolute Gasteiger partial charge is 0.483 e. The monoisotopic (exact) mass is 293 g/mol. The van der Waals surface area contributed by atoms with Gasteiger partial charge < -0.3 is 9.84 Å². The van der Waals surface area contributed by atoms with Crippen LogP contribution in [-0.4, -0.2) is 22.1 Å². The van der Waals surface area contributed by atoms with E-state index in [2.05, 4.69) is 6.92 Å². The van der Waals surface area contributed by atoms with Crippen LogP contribution < -0.4 is 4.74 Å². The number of carbonyl (C=O) groups is 1. The standard InChI is InChI=1S/C15H19NO5/c1-2-10-6-3-4-9-13(10)21-14-11(15(17)18)7-5-8-12(14)16(19)20/h5,7-8,10,13H,2-4,6,9H2,1H3,(H,17,18). The van der Waals surface area contributed by atoms with Gasteiger partial charge in [-0.05, 0) is 37.7 Å². The highest BCUT2D eigenvalue weighted by molar-refractivity contribution is 5.92. The SMILES string of the molecule is CCC1CCCCC1Oc1c(C(=O)O)cccc1[N+](=O)[O-]. The van der Waals surface area contributed by atoms with Crippen molar-refractivity contribution in [1.29, 1.82) is 0 Å². The number of para-hydroxylation sites is 1. The molecular weight excluding hydrogens is 274 g/mol. The number of hydrogen-bond donors (Lipinski definition) is 1. The number of aromatic carboxylic acids is 1. The molecule has 0 spiro atoms. The summed E-state index contributed by atoms with van der Waals surface area (Å²) in [6.45, 7) is 2.06. The van der Waals surface area contributed by atoms with Crippen LogP contribution in [-0.2, 0) is 0 Å². The van der Waals surface area contributed by atoms with Gasteiger partial charge in [0.05, 0.1) is 4.92 Å². The van der Waals surface area contributed by atoms with Gasteiger partial charge in [0, 0.05) is 6.07 Å². The highest BCUT2D eigenvalue weighted by Gasteiger charge is 2.30. The van der Waals surface area contributed by atoms with E-state index >= 15 is 0 Å². The van der Waals surface area contributed by atoms with E-state index < -0.39 is 10.9 Å². The maximum atomic E-state index is 11.3. The van der Waals surface area contributed by atoms with Gasteiger partial charge in [0.25, 0.3) is 0 Å². The minimum atomic E-state index is -1.21. The second-order valence-corrected chi connectivity index (χ2v) is 5.33. The molecule has 1 saturated carbocycles. The molecule has 1 fully saturated rings. The lowest BCUT2D eigenvalue weighted by molar-refractivity contribution is -0.386. The number of ether oxygens (including phenoxy) is 1. The van der Waals surface area contributed by atoms with E-state index in [0.29, 0.717) is 5.92 Å². The normalized spacial score (nSPS) is 21.8. The second kappa shape index (κ2) is 6.56. The summed E-state index contributed by atoms with van der Waals surface area (Å²) < 4.78 is 5.82. The Bertz CT molecular complexity index is 511. The Hall–Kier alpha value is -2.11. The summed E-state index contributed by atoms with van der Waals surface area (Å²) in [5.41, 5.74) is -0.431. The van der Waals surface area contributed by atoms with Gasteiger partial charge in [0.1, 0.15) is 11.7 Å². The zero-order valence-electron chi connectivity index (χ0n) is 11.9. The van der Waals surface area contributed by atoms with E-state index in [1.54, 1.807) is 0 Å². The minimum Gasteiger partial charge on any atom is -0.483 e. The maximum Gasteiger partial charge on any atom is 0.339 e. The molecule has 21 heavy (non-hydrogen) atoms. The Labute approximate surface area is 122 Å². The van der Waals surface area contributed by atoms with Crippen molar-refractivity contribution in [1.82, 2.24) is 0 Å². The molecule has 0 aromatic heterocycles.